The Labute approximate surface area is 156 Å². The number of halogens is 1. The minimum atomic E-state index is -3.91. The van der Waals surface area contributed by atoms with Gasteiger partial charge in [0.05, 0.1) is 4.90 Å². The number of carbonyl (C=O) groups is 2. The van der Waals surface area contributed by atoms with Crippen LogP contribution in [0.25, 0.3) is 0 Å². The number of hydrogen-bond acceptors (Lipinski definition) is 5. The minimum Gasteiger partial charge on any atom is -0.483 e. The summed E-state index contributed by atoms with van der Waals surface area (Å²) in [6.07, 6.45) is 0. The first-order chi connectivity index (χ1) is 12.2. The number of sulfonamides is 1. The number of nitrogens with one attached hydrogen (secondary N) is 2. The Balaban J connectivity index is 1.96. The van der Waals surface area contributed by atoms with Crippen LogP contribution in [0.1, 0.15) is 12.5 Å². The van der Waals surface area contributed by atoms with Gasteiger partial charge in [0.2, 0.25) is 5.91 Å². The first-order valence-corrected chi connectivity index (χ1v) is 9.36. The fourth-order valence-electron chi connectivity index (χ4n) is 2.08. The zero-order valence-corrected chi connectivity index (χ0v) is 15.6. The van der Waals surface area contributed by atoms with E-state index in [1.165, 1.54) is 24.3 Å². The molecule has 138 valence electrons. The van der Waals surface area contributed by atoms with Crippen LogP contribution in [0.15, 0.2) is 47.4 Å². The summed E-state index contributed by atoms with van der Waals surface area (Å²) < 4.78 is 31.0. The summed E-state index contributed by atoms with van der Waals surface area (Å²) in [6.45, 7) is 2.70. The topological polar surface area (TPSA) is 102 Å². The highest BCUT2D eigenvalue weighted by molar-refractivity contribution is 7.90. The lowest BCUT2D eigenvalue weighted by Gasteiger charge is -2.10. The number of ether oxygens (including phenoxy) is 1. The molecule has 0 heterocycles. The number of carbonyl (C=O) groups excluding carboxylic acids is 2. The molecule has 0 aliphatic carbocycles. The van der Waals surface area contributed by atoms with E-state index in [0.29, 0.717) is 16.5 Å². The van der Waals surface area contributed by atoms with Gasteiger partial charge in [0.25, 0.3) is 15.9 Å². The molecule has 2 N–H and O–H groups in total. The van der Waals surface area contributed by atoms with E-state index < -0.39 is 21.8 Å². The molecular formula is C17H17ClN2O5S. The highest BCUT2D eigenvalue weighted by atomic mass is 35.5. The molecule has 9 heteroatoms. The van der Waals surface area contributed by atoms with Gasteiger partial charge in [0, 0.05) is 17.6 Å². The third kappa shape index (κ3) is 5.47. The van der Waals surface area contributed by atoms with Gasteiger partial charge < -0.3 is 10.1 Å². The monoisotopic (exact) mass is 396 g/mol. The van der Waals surface area contributed by atoms with Crippen molar-refractivity contribution in [1.82, 2.24) is 4.72 Å². The smallest absolute Gasteiger partial charge is 0.264 e. The van der Waals surface area contributed by atoms with Crippen LogP contribution in [0.5, 0.6) is 5.75 Å². The van der Waals surface area contributed by atoms with E-state index in [0.717, 1.165) is 12.5 Å². The summed E-state index contributed by atoms with van der Waals surface area (Å²) in [4.78, 5) is 22.8. The quantitative estimate of drug-likeness (QED) is 0.781. The average Bonchev–Trinajstić information content (AvgIpc) is 2.53. The highest BCUT2D eigenvalue weighted by Crippen LogP contribution is 2.21. The fraction of sp³-hybridized carbons (Fsp3) is 0.176. The van der Waals surface area contributed by atoms with Crippen LogP contribution in [0.3, 0.4) is 0 Å². The van der Waals surface area contributed by atoms with E-state index >= 15 is 0 Å². The van der Waals surface area contributed by atoms with Gasteiger partial charge in [0.1, 0.15) is 5.75 Å². The molecule has 2 aromatic rings. The second-order valence-electron chi connectivity index (χ2n) is 5.43. The first-order valence-electron chi connectivity index (χ1n) is 7.49. The third-order valence-electron chi connectivity index (χ3n) is 3.22. The summed E-state index contributed by atoms with van der Waals surface area (Å²) in [6, 6.07) is 10.5. The van der Waals surface area contributed by atoms with E-state index in [-0.39, 0.29) is 11.5 Å². The van der Waals surface area contributed by atoms with Crippen molar-refractivity contribution in [3.05, 3.63) is 53.1 Å². The summed E-state index contributed by atoms with van der Waals surface area (Å²) in [5, 5.41) is 3.17. The van der Waals surface area contributed by atoms with Gasteiger partial charge in [-0.2, -0.15) is 0 Å². The Bertz CT molecular complexity index is 927. The fourth-order valence-corrected chi connectivity index (χ4v) is 3.30. The molecule has 0 fully saturated rings. The molecule has 0 spiro atoms. The van der Waals surface area contributed by atoms with Crippen LogP contribution in [0, 0.1) is 6.92 Å². The lowest BCUT2D eigenvalue weighted by molar-refractivity contribution is -0.118. The van der Waals surface area contributed by atoms with Crippen molar-refractivity contribution in [3.8, 4) is 5.75 Å². The molecular weight excluding hydrogens is 380 g/mol. The molecule has 0 saturated heterocycles. The summed E-state index contributed by atoms with van der Waals surface area (Å²) in [5.74, 6) is -0.546. The van der Waals surface area contributed by atoms with Crippen LogP contribution in [-0.4, -0.2) is 26.8 Å². The van der Waals surface area contributed by atoms with Gasteiger partial charge in [-0.25, -0.2) is 13.1 Å². The van der Waals surface area contributed by atoms with Crippen molar-refractivity contribution in [2.45, 2.75) is 18.7 Å². The van der Waals surface area contributed by atoms with Gasteiger partial charge in [-0.1, -0.05) is 11.6 Å². The molecule has 0 saturated carbocycles. The van der Waals surface area contributed by atoms with Gasteiger partial charge in [0.15, 0.2) is 6.61 Å². The van der Waals surface area contributed by atoms with Gasteiger partial charge in [-0.05, 0) is 55.0 Å². The Hall–Kier alpha value is -2.58. The molecule has 0 bridgehead atoms. The Morgan fingerprint density at radius 3 is 2.35 bits per heavy atom. The van der Waals surface area contributed by atoms with E-state index in [1.807, 2.05) is 11.6 Å². The Morgan fingerprint density at radius 2 is 1.77 bits per heavy atom. The maximum Gasteiger partial charge on any atom is 0.264 e. The molecule has 2 rings (SSSR count). The molecule has 2 aromatic carbocycles. The Kier molecular flexibility index (Phi) is 6.23. The lowest BCUT2D eigenvalue weighted by atomic mass is 10.2. The standard InChI is InChI=1S/C17H17ClN2O5S/c1-11-9-13(18)3-8-16(11)25-10-17(22)19-14-4-6-15(7-5-14)26(23,24)20-12(2)21/h3-9H,10H2,1-2H3,(H,19,22)(H,20,21). The van der Waals surface area contributed by atoms with Crippen molar-refractivity contribution in [2.75, 3.05) is 11.9 Å². The molecule has 0 atom stereocenters. The second kappa shape index (κ2) is 8.20. The molecule has 0 radical (unpaired) electrons. The number of amides is 2. The van der Waals surface area contributed by atoms with Gasteiger partial charge in [-0.15, -0.1) is 0 Å². The largest absolute Gasteiger partial charge is 0.483 e. The summed E-state index contributed by atoms with van der Waals surface area (Å²) >= 11 is 5.86. The van der Waals surface area contributed by atoms with Crippen LogP contribution < -0.4 is 14.8 Å². The summed E-state index contributed by atoms with van der Waals surface area (Å²) in [7, 11) is -3.91. The van der Waals surface area contributed by atoms with Crippen molar-refractivity contribution in [3.63, 3.8) is 0 Å². The normalized spacial score (nSPS) is 10.9. The number of aryl methyl sites for hydroxylation is 1. The van der Waals surface area contributed by atoms with Crippen molar-refractivity contribution < 1.29 is 22.7 Å². The number of rotatable bonds is 6. The predicted octanol–water partition coefficient (Wildman–Crippen LogP) is 2.49. The number of hydrogen-bond donors (Lipinski definition) is 2. The maximum atomic E-state index is 12.0. The molecule has 26 heavy (non-hydrogen) atoms. The van der Waals surface area contributed by atoms with E-state index in [9.17, 15) is 18.0 Å². The van der Waals surface area contributed by atoms with E-state index in [1.54, 1.807) is 18.2 Å². The number of benzene rings is 2. The first kappa shape index (κ1) is 19.7. The van der Waals surface area contributed by atoms with Crippen molar-refractivity contribution >= 4 is 39.1 Å². The zero-order valence-electron chi connectivity index (χ0n) is 14.1. The molecule has 2 amide bonds. The number of anilines is 1. The SMILES string of the molecule is CC(=O)NS(=O)(=O)c1ccc(NC(=O)COc2ccc(Cl)cc2C)cc1. The molecule has 0 unspecified atom stereocenters. The molecule has 0 aliphatic heterocycles. The minimum absolute atomic E-state index is 0.0845. The van der Waals surface area contributed by atoms with Gasteiger partial charge >= 0.3 is 0 Å². The average molecular weight is 397 g/mol. The maximum absolute atomic E-state index is 12.0. The van der Waals surface area contributed by atoms with Crippen LogP contribution in [0.2, 0.25) is 5.02 Å². The predicted molar refractivity (Wildman–Crippen MR) is 97.8 cm³/mol. The third-order valence-corrected chi connectivity index (χ3v) is 4.91. The van der Waals surface area contributed by atoms with Crippen LogP contribution in [-0.2, 0) is 19.6 Å². The molecule has 7 nitrogen and oxygen atoms in total. The molecule has 0 aromatic heterocycles. The van der Waals surface area contributed by atoms with Crippen LogP contribution >= 0.6 is 11.6 Å². The Morgan fingerprint density at radius 1 is 1.12 bits per heavy atom. The second-order valence-corrected chi connectivity index (χ2v) is 7.55. The van der Waals surface area contributed by atoms with Crippen molar-refractivity contribution in [1.29, 1.82) is 0 Å². The summed E-state index contributed by atoms with van der Waals surface area (Å²) in [5.41, 5.74) is 1.20. The van der Waals surface area contributed by atoms with Crippen LogP contribution in [0.4, 0.5) is 5.69 Å². The van der Waals surface area contributed by atoms with Gasteiger partial charge in [-0.3, -0.25) is 9.59 Å². The van der Waals surface area contributed by atoms with E-state index in [4.69, 9.17) is 16.3 Å². The van der Waals surface area contributed by atoms with E-state index in [2.05, 4.69) is 5.32 Å². The molecule has 0 aliphatic rings. The lowest BCUT2D eigenvalue weighted by Crippen LogP contribution is -2.28. The highest BCUT2D eigenvalue weighted by Gasteiger charge is 2.15. The zero-order chi connectivity index (χ0) is 19.3. The van der Waals surface area contributed by atoms with Crippen molar-refractivity contribution in [2.24, 2.45) is 0 Å².